The molecule has 0 atom stereocenters. The van der Waals surface area contributed by atoms with Crippen LogP contribution in [0.5, 0.6) is 0 Å². The first-order valence-corrected chi connectivity index (χ1v) is 10.1. The Kier molecular flexibility index (Phi) is 5.25. The molecular formula is C20H21F2N3O2S. The highest BCUT2D eigenvalue weighted by Gasteiger charge is 2.30. The summed E-state index contributed by atoms with van der Waals surface area (Å²) in [7, 11) is -4.18. The Labute approximate surface area is 163 Å². The van der Waals surface area contributed by atoms with Gasteiger partial charge in [-0.3, -0.25) is 9.40 Å². The second-order valence-corrected chi connectivity index (χ2v) is 9.16. The van der Waals surface area contributed by atoms with Gasteiger partial charge < -0.3 is 0 Å². The van der Waals surface area contributed by atoms with Gasteiger partial charge in [0.05, 0.1) is 17.9 Å². The quantitative estimate of drug-likeness (QED) is 0.688. The van der Waals surface area contributed by atoms with Crippen molar-refractivity contribution in [2.75, 3.05) is 4.72 Å². The van der Waals surface area contributed by atoms with Gasteiger partial charge in [0.25, 0.3) is 10.0 Å². The maximum atomic E-state index is 13.9. The Morgan fingerprint density at radius 3 is 2.39 bits per heavy atom. The maximum Gasteiger partial charge on any atom is 0.265 e. The zero-order chi connectivity index (χ0) is 20.5. The summed E-state index contributed by atoms with van der Waals surface area (Å²) in [5.41, 5.74) is 0.272. The van der Waals surface area contributed by atoms with Gasteiger partial charge in [0.2, 0.25) is 0 Å². The lowest BCUT2D eigenvalue weighted by Gasteiger charge is -2.18. The first kappa shape index (κ1) is 20.0. The van der Waals surface area contributed by atoms with Crippen LogP contribution in [-0.2, 0) is 22.0 Å². The average molecular weight is 405 g/mol. The molecule has 1 heterocycles. The van der Waals surface area contributed by atoms with Crippen molar-refractivity contribution in [2.24, 2.45) is 0 Å². The van der Waals surface area contributed by atoms with E-state index < -0.39 is 32.8 Å². The third-order valence-electron chi connectivity index (χ3n) is 4.09. The number of benzene rings is 2. The van der Waals surface area contributed by atoms with E-state index in [0.29, 0.717) is 12.2 Å². The van der Waals surface area contributed by atoms with Gasteiger partial charge in [-0.05, 0) is 17.7 Å². The Hall–Kier alpha value is -2.74. The molecule has 148 valence electrons. The number of nitrogens with one attached hydrogen (secondary N) is 1. The van der Waals surface area contributed by atoms with E-state index in [2.05, 4.69) is 9.82 Å². The first-order chi connectivity index (χ1) is 13.1. The summed E-state index contributed by atoms with van der Waals surface area (Å²) in [5, 5.41) is 4.45. The van der Waals surface area contributed by atoms with Gasteiger partial charge in [0.1, 0.15) is 16.5 Å². The number of rotatable bonds is 5. The largest absolute Gasteiger partial charge is 0.276 e. The molecule has 2 aromatic carbocycles. The smallest absolute Gasteiger partial charge is 0.265 e. The third kappa shape index (κ3) is 4.39. The maximum absolute atomic E-state index is 13.9. The van der Waals surface area contributed by atoms with Crippen molar-refractivity contribution in [2.45, 2.75) is 37.6 Å². The fourth-order valence-corrected chi connectivity index (χ4v) is 4.16. The van der Waals surface area contributed by atoms with Gasteiger partial charge in [-0.15, -0.1) is 0 Å². The molecule has 5 nitrogen and oxygen atoms in total. The molecule has 3 aromatic rings. The number of aromatic nitrogens is 2. The summed E-state index contributed by atoms with van der Waals surface area (Å²) in [6, 6.07) is 12.1. The van der Waals surface area contributed by atoms with Crippen LogP contribution in [0.1, 0.15) is 32.0 Å². The zero-order valence-corrected chi connectivity index (χ0v) is 16.6. The van der Waals surface area contributed by atoms with Crippen LogP contribution in [0.25, 0.3) is 0 Å². The van der Waals surface area contributed by atoms with Crippen molar-refractivity contribution < 1.29 is 17.2 Å². The van der Waals surface area contributed by atoms with E-state index in [1.54, 1.807) is 0 Å². The van der Waals surface area contributed by atoms with Crippen LogP contribution < -0.4 is 4.72 Å². The van der Waals surface area contributed by atoms with Crippen molar-refractivity contribution in [3.05, 3.63) is 77.6 Å². The van der Waals surface area contributed by atoms with Crippen LogP contribution in [0.3, 0.4) is 0 Å². The number of hydrogen-bond donors (Lipinski definition) is 1. The molecule has 0 unspecified atom stereocenters. The molecule has 0 radical (unpaired) electrons. The molecule has 3 rings (SSSR count). The highest BCUT2D eigenvalue weighted by Crippen LogP contribution is 2.30. The second-order valence-electron chi connectivity index (χ2n) is 7.50. The molecule has 0 bridgehead atoms. The monoisotopic (exact) mass is 405 g/mol. The normalized spacial score (nSPS) is 12.2. The van der Waals surface area contributed by atoms with Crippen LogP contribution >= 0.6 is 0 Å². The number of halogens is 2. The molecule has 0 amide bonds. The SMILES string of the molecule is CC(C)(C)c1nn(Cc2ccccc2)cc1S(=O)(=O)Nc1cc(F)ccc1F. The fraction of sp³-hybridized carbons (Fsp3) is 0.250. The van der Waals surface area contributed by atoms with E-state index in [1.165, 1.54) is 10.9 Å². The molecule has 0 fully saturated rings. The number of sulfonamides is 1. The van der Waals surface area contributed by atoms with E-state index in [-0.39, 0.29) is 4.90 Å². The van der Waals surface area contributed by atoms with Gasteiger partial charge in [0, 0.05) is 17.7 Å². The van der Waals surface area contributed by atoms with Crippen LogP contribution in [0.2, 0.25) is 0 Å². The molecule has 28 heavy (non-hydrogen) atoms. The predicted molar refractivity (Wildman–Crippen MR) is 104 cm³/mol. The van der Waals surface area contributed by atoms with Crippen molar-refractivity contribution in [1.82, 2.24) is 9.78 Å². The van der Waals surface area contributed by atoms with E-state index >= 15 is 0 Å². The van der Waals surface area contributed by atoms with E-state index in [1.807, 2.05) is 51.1 Å². The molecule has 8 heteroatoms. The lowest BCUT2D eigenvalue weighted by atomic mass is 9.92. The lowest BCUT2D eigenvalue weighted by Crippen LogP contribution is -2.21. The summed E-state index contributed by atoms with van der Waals surface area (Å²) in [6.07, 6.45) is 1.41. The summed E-state index contributed by atoms with van der Waals surface area (Å²) < 4.78 is 56.9. The molecule has 0 aliphatic carbocycles. The number of nitrogens with zero attached hydrogens (tertiary/aromatic N) is 2. The number of anilines is 1. The van der Waals surface area contributed by atoms with E-state index in [9.17, 15) is 17.2 Å². The predicted octanol–water partition coefficient (Wildman–Crippen LogP) is 4.31. The van der Waals surface area contributed by atoms with E-state index in [4.69, 9.17) is 0 Å². The molecule has 0 saturated heterocycles. The number of hydrogen-bond acceptors (Lipinski definition) is 3. The Morgan fingerprint density at radius 2 is 1.75 bits per heavy atom. The molecule has 0 saturated carbocycles. The second kappa shape index (κ2) is 7.35. The Bertz CT molecular complexity index is 1090. The summed E-state index contributed by atoms with van der Waals surface area (Å²) >= 11 is 0. The van der Waals surface area contributed by atoms with Gasteiger partial charge in [0.15, 0.2) is 0 Å². The van der Waals surface area contributed by atoms with Crippen LogP contribution in [0.4, 0.5) is 14.5 Å². The summed E-state index contributed by atoms with van der Waals surface area (Å²) in [5.74, 6) is -1.60. The van der Waals surface area contributed by atoms with Crippen LogP contribution in [-0.4, -0.2) is 18.2 Å². The van der Waals surface area contributed by atoms with Crippen LogP contribution in [0, 0.1) is 11.6 Å². The van der Waals surface area contributed by atoms with E-state index in [0.717, 1.165) is 23.8 Å². The van der Waals surface area contributed by atoms with Crippen molar-refractivity contribution in [1.29, 1.82) is 0 Å². The summed E-state index contributed by atoms with van der Waals surface area (Å²) in [4.78, 5) is -0.0698. The van der Waals surface area contributed by atoms with Gasteiger partial charge in [-0.2, -0.15) is 5.10 Å². The molecule has 1 aromatic heterocycles. The van der Waals surface area contributed by atoms with Gasteiger partial charge >= 0.3 is 0 Å². The first-order valence-electron chi connectivity index (χ1n) is 8.66. The topological polar surface area (TPSA) is 64.0 Å². The molecule has 1 N–H and O–H groups in total. The molecule has 0 aliphatic heterocycles. The molecule has 0 aliphatic rings. The zero-order valence-electron chi connectivity index (χ0n) is 15.8. The van der Waals surface area contributed by atoms with Gasteiger partial charge in [-0.1, -0.05) is 51.1 Å². The van der Waals surface area contributed by atoms with Crippen molar-refractivity contribution >= 4 is 15.7 Å². The Balaban J connectivity index is 2.02. The minimum Gasteiger partial charge on any atom is -0.276 e. The minimum absolute atomic E-state index is 0.0698. The molecule has 0 spiro atoms. The molecular weight excluding hydrogens is 384 g/mol. The highest BCUT2D eigenvalue weighted by molar-refractivity contribution is 7.92. The standard InChI is InChI=1S/C20H21F2N3O2S/c1-20(2,3)19-18(13-25(23-19)12-14-7-5-4-6-8-14)28(26,27)24-17-11-15(21)9-10-16(17)22/h4-11,13,24H,12H2,1-3H3. The fourth-order valence-electron chi connectivity index (χ4n) is 2.75. The summed E-state index contributed by atoms with van der Waals surface area (Å²) in [6.45, 7) is 5.89. The minimum atomic E-state index is -4.18. The highest BCUT2D eigenvalue weighted by atomic mass is 32.2. The van der Waals surface area contributed by atoms with Crippen molar-refractivity contribution in [3.8, 4) is 0 Å². The van der Waals surface area contributed by atoms with Gasteiger partial charge in [-0.25, -0.2) is 17.2 Å². The van der Waals surface area contributed by atoms with Crippen molar-refractivity contribution in [3.63, 3.8) is 0 Å². The third-order valence-corrected chi connectivity index (χ3v) is 5.45. The Morgan fingerprint density at radius 1 is 1.07 bits per heavy atom. The lowest BCUT2D eigenvalue weighted by molar-refractivity contribution is 0.533. The van der Waals surface area contributed by atoms with Crippen LogP contribution in [0.15, 0.2) is 59.6 Å². The average Bonchev–Trinajstić information content (AvgIpc) is 3.04.